The van der Waals surface area contributed by atoms with Crippen LogP contribution < -0.4 is 9.46 Å². The van der Waals surface area contributed by atoms with Crippen LogP contribution in [0.4, 0.5) is 4.39 Å². The second-order valence-corrected chi connectivity index (χ2v) is 9.33. The van der Waals surface area contributed by atoms with E-state index in [-0.39, 0.29) is 29.9 Å². The number of carbonyl (C=O) groups is 1. The average molecular weight is 371 g/mol. The third kappa shape index (κ3) is 5.01. The summed E-state index contributed by atoms with van der Waals surface area (Å²) in [6.45, 7) is 7.43. The van der Waals surface area contributed by atoms with Crippen LogP contribution in [0.2, 0.25) is 0 Å². The minimum atomic E-state index is -1.29. The highest BCUT2D eigenvalue weighted by Crippen LogP contribution is 2.35. The van der Waals surface area contributed by atoms with Gasteiger partial charge in [-0.1, -0.05) is 0 Å². The van der Waals surface area contributed by atoms with Gasteiger partial charge < -0.3 is 9.47 Å². The third-order valence-electron chi connectivity index (χ3n) is 4.20. The third-order valence-corrected chi connectivity index (χ3v) is 5.88. The van der Waals surface area contributed by atoms with Crippen LogP contribution in [0.15, 0.2) is 18.2 Å². The normalized spacial score (nSPS) is 22.6. The largest absolute Gasteiger partial charge is 0.490 e. The molecule has 0 spiro atoms. The highest BCUT2D eigenvalue weighted by atomic mass is 32.2. The highest BCUT2D eigenvalue weighted by molar-refractivity contribution is 7.84. The zero-order valence-corrected chi connectivity index (χ0v) is 16.1. The van der Waals surface area contributed by atoms with Crippen molar-refractivity contribution >= 4 is 17.0 Å². The quantitative estimate of drug-likeness (QED) is 0.780. The second-order valence-electron chi connectivity index (χ2n) is 7.33. The van der Waals surface area contributed by atoms with Crippen LogP contribution in [0.1, 0.15) is 52.1 Å². The van der Waals surface area contributed by atoms with Crippen molar-refractivity contribution in [3.8, 4) is 5.75 Å². The fourth-order valence-electron chi connectivity index (χ4n) is 2.57. The van der Waals surface area contributed by atoms with Crippen molar-refractivity contribution in [3.63, 3.8) is 0 Å². The van der Waals surface area contributed by atoms with E-state index in [4.69, 9.17) is 9.47 Å². The molecule has 1 N–H and O–H groups in total. The number of rotatable bonds is 6. The number of esters is 1. The van der Waals surface area contributed by atoms with Crippen LogP contribution >= 0.6 is 0 Å². The second kappa shape index (κ2) is 7.83. The minimum Gasteiger partial charge on any atom is -0.490 e. The van der Waals surface area contributed by atoms with Crippen molar-refractivity contribution in [2.24, 2.45) is 5.92 Å². The van der Waals surface area contributed by atoms with E-state index in [1.165, 1.54) is 19.2 Å². The van der Waals surface area contributed by atoms with Crippen LogP contribution in [0.3, 0.4) is 0 Å². The number of halogens is 1. The van der Waals surface area contributed by atoms with Gasteiger partial charge in [0.05, 0.1) is 28.8 Å². The van der Waals surface area contributed by atoms with Gasteiger partial charge in [-0.2, -0.15) is 0 Å². The number of carbonyl (C=O) groups excluding carboxylic acids is 1. The maximum absolute atomic E-state index is 13.7. The van der Waals surface area contributed by atoms with Crippen LogP contribution in [0, 0.1) is 11.7 Å². The van der Waals surface area contributed by atoms with Gasteiger partial charge in [0, 0.05) is 11.6 Å². The van der Waals surface area contributed by atoms with Crippen molar-refractivity contribution in [1.29, 1.82) is 0 Å². The molecule has 0 amide bonds. The van der Waals surface area contributed by atoms with E-state index in [1.54, 1.807) is 6.07 Å². The molecule has 2 rings (SSSR count). The molecule has 1 aromatic carbocycles. The average Bonchev–Trinajstić information content (AvgIpc) is 2.49. The van der Waals surface area contributed by atoms with E-state index in [2.05, 4.69) is 4.72 Å². The molecule has 0 saturated heterocycles. The number of nitrogens with one attached hydrogen (secondary N) is 1. The Labute approximate surface area is 150 Å². The smallest absolute Gasteiger partial charge is 0.308 e. The Morgan fingerprint density at radius 3 is 2.56 bits per heavy atom. The van der Waals surface area contributed by atoms with Gasteiger partial charge in [0.2, 0.25) is 0 Å². The van der Waals surface area contributed by atoms with Crippen LogP contribution in [0.25, 0.3) is 0 Å². The van der Waals surface area contributed by atoms with E-state index >= 15 is 0 Å². The Morgan fingerprint density at radius 1 is 1.36 bits per heavy atom. The molecule has 140 valence electrons. The van der Waals surface area contributed by atoms with E-state index in [9.17, 15) is 13.4 Å². The molecule has 0 heterocycles. The molecule has 0 radical (unpaired) electrons. The molecule has 25 heavy (non-hydrogen) atoms. The molecule has 0 bridgehead atoms. The van der Waals surface area contributed by atoms with E-state index in [0.29, 0.717) is 24.2 Å². The summed E-state index contributed by atoms with van der Waals surface area (Å²) < 4.78 is 39.2. The van der Waals surface area contributed by atoms with E-state index in [0.717, 1.165) is 0 Å². The van der Waals surface area contributed by atoms with Crippen LogP contribution in [-0.4, -0.2) is 28.1 Å². The van der Waals surface area contributed by atoms with Gasteiger partial charge in [0.25, 0.3) is 0 Å². The summed E-state index contributed by atoms with van der Waals surface area (Å²) in [4.78, 5) is 11.5. The van der Waals surface area contributed by atoms with Gasteiger partial charge in [0.1, 0.15) is 17.7 Å². The standard InChI is InChI=1S/C18H26FNO4S/c1-11(20-25(22)18(2,3)4)15-10-13(19)6-7-16(15)24-14-8-12(9-14)17(21)23-5/h6-7,10-12,14,20H,8-9H2,1-5H3/t11-,12?,14?,25?/m1/s1. The van der Waals surface area contributed by atoms with Crippen molar-refractivity contribution in [2.45, 2.75) is 57.4 Å². The summed E-state index contributed by atoms with van der Waals surface area (Å²) in [6.07, 6.45) is 1.06. The van der Waals surface area contributed by atoms with Gasteiger partial charge in [-0.3, -0.25) is 4.79 Å². The Bertz CT molecular complexity index is 653. The maximum atomic E-state index is 13.7. The molecule has 1 aromatic rings. The predicted molar refractivity (Wildman–Crippen MR) is 95.0 cm³/mol. The van der Waals surface area contributed by atoms with Gasteiger partial charge in [-0.15, -0.1) is 0 Å². The lowest BCUT2D eigenvalue weighted by atomic mass is 9.82. The highest BCUT2D eigenvalue weighted by Gasteiger charge is 2.37. The van der Waals surface area contributed by atoms with Crippen molar-refractivity contribution in [1.82, 2.24) is 4.72 Å². The van der Waals surface area contributed by atoms with Crippen LogP contribution in [-0.2, 0) is 20.5 Å². The lowest BCUT2D eigenvalue weighted by Gasteiger charge is -2.34. The van der Waals surface area contributed by atoms with E-state index in [1.807, 2.05) is 27.7 Å². The van der Waals surface area contributed by atoms with Gasteiger partial charge in [-0.25, -0.2) is 13.3 Å². The topological polar surface area (TPSA) is 64.6 Å². The fraction of sp³-hybridized carbons (Fsp3) is 0.611. The molecule has 5 nitrogen and oxygen atoms in total. The zero-order chi connectivity index (χ0) is 18.8. The Balaban J connectivity index is 2.07. The maximum Gasteiger partial charge on any atom is 0.308 e. The predicted octanol–water partition coefficient (Wildman–Crippen LogP) is 3.27. The molecule has 1 saturated carbocycles. The molecule has 2 atom stereocenters. The SMILES string of the molecule is COC(=O)C1CC(Oc2ccc(F)cc2[C@@H](C)NS(=O)C(C)(C)C)C1. The number of hydrogen-bond acceptors (Lipinski definition) is 4. The molecule has 1 aliphatic carbocycles. The first kappa shape index (κ1) is 19.8. The van der Waals surface area contributed by atoms with Crippen molar-refractivity contribution < 1.29 is 22.9 Å². The minimum absolute atomic E-state index is 0.103. The lowest BCUT2D eigenvalue weighted by Crippen LogP contribution is -2.39. The summed E-state index contributed by atoms with van der Waals surface area (Å²) in [5.74, 6) is -0.197. The summed E-state index contributed by atoms with van der Waals surface area (Å²) in [5, 5.41) is 0. The Kier molecular flexibility index (Phi) is 6.21. The summed E-state index contributed by atoms with van der Waals surface area (Å²) in [5.41, 5.74) is 0.610. The molecule has 1 aliphatic rings. The number of methoxy groups -OCH3 is 1. The number of benzene rings is 1. The molecule has 7 heteroatoms. The van der Waals surface area contributed by atoms with Crippen molar-refractivity contribution in [2.75, 3.05) is 7.11 Å². The molecular formula is C18H26FNO4S. The molecular weight excluding hydrogens is 345 g/mol. The van der Waals surface area contributed by atoms with Gasteiger partial charge in [-0.05, 0) is 58.7 Å². The molecule has 1 fully saturated rings. The van der Waals surface area contributed by atoms with Gasteiger partial charge in [0.15, 0.2) is 0 Å². The summed E-state index contributed by atoms with van der Waals surface area (Å²) in [6, 6.07) is 3.96. The monoisotopic (exact) mass is 371 g/mol. The van der Waals surface area contributed by atoms with Crippen molar-refractivity contribution in [3.05, 3.63) is 29.6 Å². The zero-order valence-electron chi connectivity index (χ0n) is 15.3. The van der Waals surface area contributed by atoms with Crippen LogP contribution in [0.5, 0.6) is 5.75 Å². The molecule has 1 unspecified atom stereocenters. The first-order chi connectivity index (χ1) is 11.6. The molecule has 0 aromatic heterocycles. The fourth-order valence-corrected chi connectivity index (χ4v) is 3.37. The van der Waals surface area contributed by atoms with E-state index < -0.39 is 15.7 Å². The Hall–Kier alpha value is -1.47. The number of hydrogen-bond donors (Lipinski definition) is 1. The summed E-state index contributed by atoms with van der Waals surface area (Å²) in [7, 11) is 0.0867. The first-order valence-corrected chi connectivity index (χ1v) is 9.48. The Morgan fingerprint density at radius 2 is 2.00 bits per heavy atom. The lowest BCUT2D eigenvalue weighted by molar-refractivity contribution is -0.151. The van der Waals surface area contributed by atoms with Gasteiger partial charge >= 0.3 is 5.97 Å². The summed E-state index contributed by atoms with van der Waals surface area (Å²) >= 11 is 0. The first-order valence-electron chi connectivity index (χ1n) is 8.33. The number of ether oxygens (including phenoxy) is 2. The molecule has 0 aliphatic heterocycles.